The number of aromatic amines is 1. The van der Waals surface area contributed by atoms with E-state index in [0.29, 0.717) is 12.3 Å². The van der Waals surface area contributed by atoms with Gasteiger partial charge in [-0.05, 0) is 25.0 Å². The largest absolute Gasteiger partial charge is 0.461 e. The highest BCUT2D eigenvalue weighted by Crippen LogP contribution is 2.03. The maximum atomic E-state index is 11.2. The quantitative estimate of drug-likeness (QED) is 0.698. The van der Waals surface area contributed by atoms with Crippen molar-refractivity contribution in [2.24, 2.45) is 0 Å². The number of hydrogen-bond donors (Lipinski definition) is 1. The molecule has 0 amide bonds. The molecule has 1 N–H and O–H groups in total. The van der Waals surface area contributed by atoms with Gasteiger partial charge in [-0.3, -0.25) is 0 Å². The molecule has 0 aliphatic rings. The van der Waals surface area contributed by atoms with Gasteiger partial charge in [-0.1, -0.05) is 6.92 Å². The third kappa shape index (κ3) is 2.12. The normalized spacial score (nSPS) is 9.83. The van der Waals surface area contributed by atoms with Crippen molar-refractivity contribution in [1.82, 2.24) is 4.98 Å². The molecule has 0 aliphatic carbocycles. The molecule has 0 spiro atoms. The molecule has 0 saturated carbocycles. The molecular formula is C9H13NO2. The average molecular weight is 167 g/mol. The van der Waals surface area contributed by atoms with Crippen molar-refractivity contribution >= 4 is 5.97 Å². The van der Waals surface area contributed by atoms with Crippen LogP contribution >= 0.6 is 0 Å². The molecule has 1 aromatic heterocycles. The van der Waals surface area contributed by atoms with E-state index in [1.807, 2.05) is 13.8 Å². The Labute approximate surface area is 71.7 Å². The zero-order valence-corrected chi connectivity index (χ0v) is 7.39. The van der Waals surface area contributed by atoms with Crippen LogP contribution in [0.5, 0.6) is 0 Å². The van der Waals surface area contributed by atoms with Gasteiger partial charge in [0, 0.05) is 6.20 Å². The van der Waals surface area contributed by atoms with E-state index in [-0.39, 0.29) is 5.97 Å². The van der Waals surface area contributed by atoms with Crippen LogP contribution in [0.2, 0.25) is 0 Å². The van der Waals surface area contributed by atoms with Gasteiger partial charge in [-0.25, -0.2) is 4.79 Å². The molecule has 12 heavy (non-hydrogen) atoms. The fourth-order valence-corrected chi connectivity index (χ4v) is 0.893. The molecule has 1 heterocycles. The van der Waals surface area contributed by atoms with Crippen LogP contribution in [0.1, 0.15) is 29.4 Å². The number of esters is 1. The average Bonchev–Trinajstić information content (AvgIpc) is 2.47. The van der Waals surface area contributed by atoms with Crippen molar-refractivity contribution in [2.75, 3.05) is 6.61 Å². The predicted molar refractivity (Wildman–Crippen MR) is 46.1 cm³/mol. The molecule has 0 aliphatic heterocycles. The Kier molecular flexibility index (Phi) is 2.91. The minimum Gasteiger partial charge on any atom is -0.461 e. The topological polar surface area (TPSA) is 42.1 Å². The van der Waals surface area contributed by atoms with E-state index in [2.05, 4.69) is 4.98 Å². The second-order valence-electron chi connectivity index (χ2n) is 2.73. The number of carbonyl (C=O) groups is 1. The van der Waals surface area contributed by atoms with Crippen LogP contribution in [-0.4, -0.2) is 17.6 Å². The maximum Gasteiger partial charge on any atom is 0.354 e. The third-order valence-corrected chi connectivity index (χ3v) is 1.48. The van der Waals surface area contributed by atoms with Crippen molar-refractivity contribution in [3.63, 3.8) is 0 Å². The van der Waals surface area contributed by atoms with E-state index in [4.69, 9.17) is 4.74 Å². The molecule has 1 rings (SSSR count). The molecule has 0 bridgehead atoms. The minimum absolute atomic E-state index is 0.273. The van der Waals surface area contributed by atoms with Crippen molar-refractivity contribution in [3.8, 4) is 0 Å². The zero-order chi connectivity index (χ0) is 8.97. The lowest BCUT2D eigenvalue weighted by Crippen LogP contribution is -2.05. The van der Waals surface area contributed by atoms with Gasteiger partial charge in [0.05, 0.1) is 6.61 Å². The molecule has 3 heteroatoms. The van der Waals surface area contributed by atoms with Crippen molar-refractivity contribution in [3.05, 3.63) is 23.5 Å². The molecule has 0 fully saturated rings. The first-order chi connectivity index (χ1) is 5.74. The van der Waals surface area contributed by atoms with Crippen LogP contribution in [-0.2, 0) is 4.74 Å². The molecule has 1 aromatic rings. The van der Waals surface area contributed by atoms with Gasteiger partial charge in [-0.15, -0.1) is 0 Å². The lowest BCUT2D eigenvalue weighted by Gasteiger charge is -1.99. The Balaban J connectivity index is 2.53. The lowest BCUT2D eigenvalue weighted by atomic mass is 10.3. The summed E-state index contributed by atoms with van der Waals surface area (Å²) in [5.74, 6) is -0.273. The zero-order valence-electron chi connectivity index (χ0n) is 7.39. The number of aromatic nitrogens is 1. The summed E-state index contributed by atoms with van der Waals surface area (Å²) in [7, 11) is 0. The summed E-state index contributed by atoms with van der Waals surface area (Å²) in [6, 6.07) is 1.78. The first-order valence-corrected chi connectivity index (χ1v) is 4.06. The number of nitrogens with one attached hydrogen (secondary N) is 1. The maximum absolute atomic E-state index is 11.2. The van der Waals surface area contributed by atoms with Gasteiger partial charge >= 0.3 is 5.97 Å². The summed E-state index contributed by atoms with van der Waals surface area (Å²) < 4.78 is 4.92. The van der Waals surface area contributed by atoms with Gasteiger partial charge in [0.25, 0.3) is 0 Å². The predicted octanol–water partition coefficient (Wildman–Crippen LogP) is 1.89. The summed E-state index contributed by atoms with van der Waals surface area (Å²) in [6.45, 7) is 4.37. The van der Waals surface area contributed by atoms with E-state index in [9.17, 15) is 4.79 Å². The summed E-state index contributed by atoms with van der Waals surface area (Å²) in [4.78, 5) is 14.0. The van der Waals surface area contributed by atoms with E-state index in [1.165, 1.54) is 0 Å². The smallest absolute Gasteiger partial charge is 0.354 e. The van der Waals surface area contributed by atoms with Crippen molar-refractivity contribution in [2.45, 2.75) is 20.3 Å². The Hall–Kier alpha value is -1.25. The van der Waals surface area contributed by atoms with Crippen LogP contribution in [0.25, 0.3) is 0 Å². The summed E-state index contributed by atoms with van der Waals surface area (Å²) in [6.07, 6.45) is 2.63. The SMILES string of the molecule is CCCOC(=O)c1cc(C)c[nH]1. The van der Waals surface area contributed by atoms with Gasteiger partial charge in [0.15, 0.2) is 0 Å². The van der Waals surface area contributed by atoms with Crippen LogP contribution in [0, 0.1) is 6.92 Å². The highest BCUT2D eigenvalue weighted by atomic mass is 16.5. The van der Waals surface area contributed by atoms with Gasteiger partial charge in [-0.2, -0.15) is 0 Å². The molecule has 66 valence electrons. The third-order valence-electron chi connectivity index (χ3n) is 1.48. The number of ether oxygens (including phenoxy) is 1. The monoisotopic (exact) mass is 167 g/mol. The van der Waals surface area contributed by atoms with E-state index in [1.54, 1.807) is 12.3 Å². The first-order valence-electron chi connectivity index (χ1n) is 4.06. The van der Waals surface area contributed by atoms with E-state index in [0.717, 1.165) is 12.0 Å². The van der Waals surface area contributed by atoms with Crippen LogP contribution in [0.4, 0.5) is 0 Å². The van der Waals surface area contributed by atoms with E-state index < -0.39 is 0 Å². The summed E-state index contributed by atoms with van der Waals surface area (Å²) in [5, 5.41) is 0. The first kappa shape index (κ1) is 8.84. The summed E-state index contributed by atoms with van der Waals surface area (Å²) in [5.41, 5.74) is 1.57. The number of H-pyrrole nitrogens is 1. The van der Waals surface area contributed by atoms with Crippen molar-refractivity contribution < 1.29 is 9.53 Å². The number of hydrogen-bond acceptors (Lipinski definition) is 2. The minimum atomic E-state index is -0.273. The Bertz CT molecular complexity index is 265. The Morgan fingerprint density at radius 2 is 2.42 bits per heavy atom. The van der Waals surface area contributed by atoms with Gasteiger partial charge < -0.3 is 9.72 Å². The van der Waals surface area contributed by atoms with Crippen LogP contribution < -0.4 is 0 Å². The van der Waals surface area contributed by atoms with Crippen LogP contribution in [0.3, 0.4) is 0 Å². The molecule has 0 radical (unpaired) electrons. The number of aryl methyl sites for hydroxylation is 1. The standard InChI is InChI=1S/C9H13NO2/c1-3-4-12-9(11)8-5-7(2)6-10-8/h5-6,10H,3-4H2,1-2H3. The summed E-state index contributed by atoms with van der Waals surface area (Å²) >= 11 is 0. The Morgan fingerprint density at radius 3 is 2.92 bits per heavy atom. The lowest BCUT2D eigenvalue weighted by molar-refractivity contribution is 0.0499. The van der Waals surface area contributed by atoms with Crippen molar-refractivity contribution in [1.29, 1.82) is 0 Å². The molecule has 0 saturated heterocycles. The highest BCUT2D eigenvalue weighted by Gasteiger charge is 2.07. The molecule has 0 unspecified atom stereocenters. The van der Waals surface area contributed by atoms with E-state index >= 15 is 0 Å². The molecule has 3 nitrogen and oxygen atoms in total. The second-order valence-corrected chi connectivity index (χ2v) is 2.73. The highest BCUT2D eigenvalue weighted by molar-refractivity contribution is 5.87. The van der Waals surface area contributed by atoms with Crippen LogP contribution in [0.15, 0.2) is 12.3 Å². The fraction of sp³-hybridized carbons (Fsp3) is 0.444. The molecule has 0 aromatic carbocycles. The van der Waals surface area contributed by atoms with Gasteiger partial charge in [0.1, 0.15) is 5.69 Å². The van der Waals surface area contributed by atoms with Gasteiger partial charge in [0.2, 0.25) is 0 Å². The molecular weight excluding hydrogens is 154 g/mol. The molecule has 0 atom stereocenters. The number of carbonyl (C=O) groups excluding carboxylic acids is 1. The second kappa shape index (κ2) is 3.95. The fourth-order valence-electron chi connectivity index (χ4n) is 0.893. The Morgan fingerprint density at radius 1 is 1.67 bits per heavy atom. The number of rotatable bonds is 3.